The number of fused-ring (bicyclic) bond motifs is 1. The zero-order chi connectivity index (χ0) is 22.1. The van der Waals surface area contributed by atoms with Crippen molar-refractivity contribution in [3.63, 3.8) is 0 Å². The fourth-order valence-electron chi connectivity index (χ4n) is 5.07. The Morgan fingerprint density at radius 3 is 2.81 bits per heavy atom. The lowest BCUT2D eigenvalue weighted by molar-refractivity contribution is -0.135. The van der Waals surface area contributed by atoms with Gasteiger partial charge < -0.3 is 20.1 Å². The van der Waals surface area contributed by atoms with Gasteiger partial charge in [0.1, 0.15) is 11.6 Å². The summed E-state index contributed by atoms with van der Waals surface area (Å²) in [5.74, 6) is -0.0147. The summed E-state index contributed by atoms with van der Waals surface area (Å²) in [7, 11) is 0. The number of hydrogen-bond donors (Lipinski definition) is 2. The van der Waals surface area contributed by atoms with E-state index in [9.17, 15) is 9.18 Å². The quantitative estimate of drug-likeness (QED) is 0.526. The third-order valence-electron chi connectivity index (χ3n) is 7.03. The summed E-state index contributed by atoms with van der Waals surface area (Å²) in [4.78, 5) is 14.1. The van der Waals surface area contributed by atoms with E-state index in [2.05, 4.69) is 20.8 Å². The van der Waals surface area contributed by atoms with Crippen LogP contribution >= 0.6 is 11.6 Å². The summed E-state index contributed by atoms with van der Waals surface area (Å²) in [6, 6.07) is 4.91. The summed E-state index contributed by atoms with van der Waals surface area (Å²) in [6.45, 7) is 1.34. The highest BCUT2D eigenvalue weighted by Gasteiger charge is 2.60. The standard InChI is InChI=1S/C22H27ClFN5O3/c23-18-2-1-15(11-19(18)24)32-13-21(30)28-22-4-3-17(22)20(12-22)25-7-8-31-16-9-14(10-16)29-26-5-6-27-29/h1-2,5-6,11,14,16-17,20,25H,3-4,7-10,12-13H2,(H,28,30). The molecule has 10 heteroatoms. The lowest BCUT2D eigenvalue weighted by atomic mass is 9.50. The molecule has 0 saturated heterocycles. The first-order valence-corrected chi connectivity index (χ1v) is 11.5. The van der Waals surface area contributed by atoms with Crippen molar-refractivity contribution < 1.29 is 18.7 Å². The van der Waals surface area contributed by atoms with Gasteiger partial charge in [-0.2, -0.15) is 15.0 Å². The number of ether oxygens (including phenoxy) is 2. The molecule has 172 valence electrons. The van der Waals surface area contributed by atoms with Gasteiger partial charge in [-0.1, -0.05) is 11.6 Å². The van der Waals surface area contributed by atoms with Crippen LogP contribution in [0.25, 0.3) is 0 Å². The van der Waals surface area contributed by atoms with Gasteiger partial charge in [0.05, 0.1) is 36.2 Å². The van der Waals surface area contributed by atoms with Crippen molar-refractivity contribution in [2.45, 2.75) is 55.8 Å². The number of amides is 1. The Bertz CT molecular complexity index is 955. The van der Waals surface area contributed by atoms with E-state index in [-0.39, 0.29) is 34.9 Å². The molecule has 3 fully saturated rings. The van der Waals surface area contributed by atoms with Crippen LogP contribution in [0.15, 0.2) is 30.6 Å². The maximum atomic E-state index is 13.5. The van der Waals surface area contributed by atoms with Crippen LogP contribution in [0.3, 0.4) is 0 Å². The Morgan fingerprint density at radius 1 is 1.31 bits per heavy atom. The van der Waals surface area contributed by atoms with E-state index in [4.69, 9.17) is 21.1 Å². The van der Waals surface area contributed by atoms with Crippen LogP contribution in [-0.2, 0) is 9.53 Å². The van der Waals surface area contributed by atoms with E-state index in [1.54, 1.807) is 23.3 Å². The van der Waals surface area contributed by atoms with Crippen LogP contribution in [0.2, 0.25) is 5.02 Å². The molecule has 5 rings (SSSR count). The molecule has 3 aliphatic rings. The molecular formula is C22H27ClFN5O3. The summed E-state index contributed by atoms with van der Waals surface area (Å²) >= 11 is 5.66. The summed E-state index contributed by atoms with van der Waals surface area (Å²) in [6.07, 6.45) is 8.60. The second kappa shape index (κ2) is 8.96. The molecule has 3 saturated carbocycles. The summed E-state index contributed by atoms with van der Waals surface area (Å²) in [5, 5.41) is 15.1. The first kappa shape index (κ1) is 21.6. The normalized spacial score (nSPS) is 30.4. The number of nitrogens with zero attached hydrogens (tertiary/aromatic N) is 3. The third kappa shape index (κ3) is 4.33. The molecule has 0 aliphatic heterocycles. The smallest absolute Gasteiger partial charge is 0.258 e. The molecule has 2 aromatic rings. The van der Waals surface area contributed by atoms with Crippen LogP contribution in [0.4, 0.5) is 4.39 Å². The molecule has 0 bridgehead atoms. The molecule has 32 heavy (non-hydrogen) atoms. The molecule has 1 aromatic heterocycles. The van der Waals surface area contributed by atoms with Crippen molar-refractivity contribution in [2.24, 2.45) is 5.92 Å². The maximum absolute atomic E-state index is 13.5. The van der Waals surface area contributed by atoms with E-state index in [0.717, 1.165) is 38.6 Å². The highest BCUT2D eigenvalue weighted by Crippen LogP contribution is 2.53. The van der Waals surface area contributed by atoms with Gasteiger partial charge in [0, 0.05) is 24.2 Å². The average molecular weight is 464 g/mol. The van der Waals surface area contributed by atoms with E-state index in [0.29, 0.717) is 24.6 Å². The first-order chi connectivity index (χ1) is 15.5. The number of halogens is 2. The molecule has 0 spiro atoms. The van der Waals surface area contributed by atoms with E-state index in [1.807, 2.05) is 0 Å². The van der Waals surface area contributed by atoms with Gasteiger partial charge in [-0.15, -0.1) is 0 Å². The maximum Gasteiger partial charge on any atom is 0.258 e. The van der Waals surface area contributed by atoms with E-state index >= 15 is 0 Å². The molecule has 8 nitrogen and oxygen atoms in total. The lowest BCUT2D eigenvalue weighted by Gasteiger charge is -2.63. The second-order valence-corrected chi connectivity index (χ2v) is 9.35. The van der Waals surface area contributed by atoms with Crippen LogP contribution in [0, 0.1) is 11.7 Å². The van der Waals surface area contributed by atoms with E-state index < -0.39 is 5.82 Å². The number of carbonyl (C=O) groups excluding carboxylic acids is 1. The molecule has 2 N–H and O–H groups in total. The monoisotopic (exact) mass is 463 g/mol. The van der Waals surface area contributed by atoms with Gasteiger partial charge in [-0.3, -0.25) is 4.79 Å². The Labute approximate surface area is 190 Å². The topological polar surface area (TPSA) is 90.3 Å². The SMILES string of the molecule is O=C(COc1ccc(Cl)c(F)c1)NC12CCC1C(NCCOC1CC(n3nccn3)C1)C2. The number of benzene rings is 1. The summed E-state index contributed by atoms with van der Waals surface area (Å²) in [5.41, 5.74) is -0.123. The number of nitrogens with one attached hydrogen (secondary N) is 2. The Kier molecular flexibility index (Phi) is 6.05. The minimum atomic E-state index is -0.564. The number of hydrogen-bond acceptors (Lipinski definition) is 6. The minimum absolute atomic E-state index is 0.0276. The fourth-order valence-corrected chi connectivity index (χ4v) is 5.19. The molecular weight excluding hydrogens is 437 g/mol. The zero-order valence-electron chi connectivity index (χ0n) is 17.7. The fraction of sp³-hybridized carbons (Fsp3) is 0.591. The van der Waals surface area contributed by atoms with Gasteiger partial charge in [0.15, 0.2) is 6.61 Å². The second-order valence-electron chi connectivity index (χ2n) is 8.95. The Morgan fingerprint density at radius 2 is 2.12 bits per heavy atom. The van der Waals surface area contributed by atoms with Crippen molar-refractivity contribution >= 4 is 17.5 Å². The van der Waals surface area contributed by atoms with Crippen molar-refractivity contribution in [3.8, 4) is 5.75 Å². The lowest BCUT2D eigenvalue weighted by Crippen LogP contribution is -2.75. The van der Waals surface area contributed by atoms with Crippen LogP contribution in [0.5, 0.6) is 5.75 Å². The van der Waals surface area contributed by atoms with Gasteiger partial charge in [-0.25, -0.2) is 4.39 Å². The van der Waals surface area contributed by atoms with Crippen LogP contribution in [-0.4, -0.2) is 58.3 Å². The van der Waals surface area contributed by atoms with Crippen molar-refractivity contribution in [3.05, 3.63) is 41.4 Å². The molecule has 3 aliphatic carbocycles. The van der Waals surface area contributed by atoms with Crippen molar-refractivity contribution in [2.75, 3.05) is 19.8 Å². The first-order valence-electron chi connectivity index (χ1n) is 11.1. The summed E-state index contributed by atoms with van der Waals surface area (Å²) < 4.78 is 24.8. The van der Waals surface area contributed by atoms with Gasteiger partial charge >= 0.3 is 0 Å². The van der Waals surface area contributed by atoms with Crippen LogP contribution in [0.1, 0.15) is 38.1 Å². The molecule has 0 radical (unpaired) electrons. The average Bonchev–Trinajstić information content (AvgIpc) is 3.26. The largest absolute Gasteiger partial charge is 0.484 e. The Balaban J connectivity index is 0.969. The van der Waals surface area contributed by atoms with Gasteiger partial charge in [0.2, 0.25) is 0 Å². The number of aromatic nitrogens is 3. The van der Waals surface area contributed by atoms with Gasteiger partial charge in [-0.05, 0) is 50.2 Å². The molecule has 1 heterocycles. The molecule has 1 amide bonds. The number of carbonyl (C=O) groups is 1. The molecule has 3 atom stereocenters. The highest BCUT2D eigenvalue weighted by atomic mass is 35.5. The third-order valence-corrected chi connectivity index (χ3v) is 7.33. The molecule has 3 unspecified atom stereocenters. The minimum Gasteiger partial charge on any atom is -0.484 e. The predicted octanol–water partition coefficient (Wildman–Crippen LogP) is 2.50. The Hall–Kier alpha value is -2.23. The van der Waals surface area contributed by atoms with Crippen molar-refractivity contribution in [1.82, 2.24) is 25.6 Å². The highest BCUT2D eigenvalue weighted by molar-refractivity contribution is 6.30. The molecule has 1 aromatic carbocycles. The van der Waals surface area contributed by atoms with Crippen LogP contribution < -0.4 is 15.4 Å². The van der Waals surface area contributed by atoms with E-state index in [1.165, 1.54) is 12.1 Å². The number of rotatable bonds is 10. The van der Waals surface area contributed by atoms with Crippen molar-refractivity contribution in [1.29, 1.82) is 0 Å². The zero-order valence-corrected chi connectivity index (χ0v) is 18.4. The van der Waals surface area contributed by atoms with Gasteiger partial charge in [0.25, 0.3) is 5.91 Å². The predicted molar refractivity (Wildman–Crippen MR) is 115 cm³/mol.